The van der Waals surface area contributed by atoms with Gasteiger partial charge in [0.25, 0.3) is 5.91 Å². The predicted molar refractivity (Wildman–Crippen MR) is 138 cm³/mol. The van der Waals surface area contributed by atoms with E-state index in [0.29, 0.717) is 37.4 Å². The molecule has 0 saturated carbocycles. The van der Waals surface area contributed by atoms with E-state index in [2.05, 4.69) is 4.98 Å². The zero-order valence-corrected chi connectivity index (χ0v) is 21.2. The summed E-state index contributed by atoms with van der Waals surface area (Å²) in [6.45, 7) is 3.50. The van der Waals surface area contributed by atoms with Crippen LogP contribution < -0.4 is 14.4 Å². The lowest BCUT2D eigenvalue weighted by Crippen LogP contribution is -2.35. The number of likely N-dealkylation sites (tertiary alicyclic amines) is 1. The highest BCUT2D eigenvalue weighted by atomic mass is 32.1. The van der Waals surface area contributed by atoms with Crippen LogP contribution in [-0.4, -0.2) is 28.1 Å². The highest BCUT2D eigenvalue weighted by molar-refractivity contribution is 7.10. The summed E-state index contributed by atoms with van der Waals surface area (Å²) in [5.41, 5.74) is 2.59. The fourth-order valence-corrected chi connectivity index (χ4v) is 5.36. The molecule has 1 unspecified atom stereocenters. The summed E-state index contributed by atoms with van der Waals surface area (Å²) >= 11 is 1.43. The summed E-state index contributed by atoms with van der Waals surface area (Å²) in [4.78, 5) is 31.5. The zero-order chi connectivity index (χ0) is 25.8. The summed E-state index contributed by atoms with van der Waals surface area (Å²) in [7, 11) is 0. The SMILES string of the molecule is Cc1ccccc1COc1ccc(/C([O-])=C2\C(=O)C(=O)N(CCC[n+]3cc[nH]c3)C2c2cccs2)cc1. The molecule has 3 heterocycles. The molecular weight excluding hydrogens is 486 g/mol. The number of amides is 1. The Bertz CT molecular complexity index is 1410. The lowest BCUT2D eigenvalue weighted by atomic mass is 10.00. The Labute approximate surface area is 219 Å². The topological polar surface area (TPSA) is 89.3 Å². The van der Waals surface area contributed by atoms with Crippen LogP contribution in [-0.2, 0) is 22.7 Å². The zero-order valence-electron chi connectivity index (χ0n) is 20.4. The molecule has 1 amide bonds. The Kier molecular flexibility index (Phi) is 7.18. The first-order valence-corrected chi connectivity index (χ1v) is 13.0. The second-order valence-electron chi connectivity index (χ2n) is 8.93. The van der Waals surface area contributed by atoms with Crippen molar-refractivity contribution in [2.75, 3.05) is 6.54 Å². The number of aromatic nitrogens is 2. The predicted octanol–water partition coefficient (Wildman–Crippen LogP) is 3.57. The van der Waals surface area contributed by atoms with E-state index in [1.165, 1.54) is 16.2 Å². The lowest BCUT2D eigenvalue weighted by molar-refractivity contribution is -0.695. The lowest BCUT2D eigenvalue weighted by Gasteiger charge is -2.26. The van der Waals surface area contributed by atoms with Crippen LogP contribution in [0.1, 0.15) is 34.0 Å². The van der Waals surface area contributed by atoms with E-state index in [1.54, 1.807) is 24.3 Å². The number of imidazole rings is 1. The maximum atomic E-state index is 13.6. The van der Waals surface area contributed by atoms with Crippen molar-refractivity contribution < 1.29 is 24.0 Å². The molecule has 1 fully saturated rings. The van der Waals surface area contributed by atoms with Crippen molar-refractivity contribution in [2.24, 2.45) is 0 Å². The van der Waals surface area contributed by atoms with Gasteiger partial charge in [0.2, 0.25) is 12.1 Å². The van der Waals surface area contributed by atoms with Crippen molar-refractivity contribution in [3.63, 3.8) is 0 Å². The average molecular weight is 514 g/mol. The molecule has 2 aromatic heterocycles. The number of carbonyl (C=O) groups is 2. The van der Waals surface area contributed by atoms with Crippen LogP contribution in [0.25, 0.3) is 5.76 Å². The van der Waals surface area contributed by atoms with Crippen molar-refractivity contribution in [1.29, 1.82) is 0 Å². The molecule has 1 N–H and O–H groups in total. The fraction of sp³-hybridized carbons (Fsp3) is 0.207. The molecule has 1 atom stereocenters. The van der Waals surface area contributed by atoms with Crippen LogP contribution in [0.15, 0.2) is 90.3 Å². The number of ether oxygens (including phenoxy) is 1. The first kappa shape index (κ1) is 24.5. The minimum Gasteiger partial charge on any atom is -0.872 e. The third-order valence-electron chi connectivity index (χ3n) is 6.53. The van der Waals surface area contributed by atoms with E-state index in [1.807, 2.05) is 72.0 Å². The Morgan fingerprint density at radius 3 is 2.62 bits per heavy atom. The fourth-order valence-electron chi connectivity index (χ4n) is 4.52. The monoisotopic (exact) mass is 513 g/mol. The Morgan fingerprint density at radius 2 is 1.92 bits per heavy atom. The molecule has 0 radical (unpaired) electrons. The van der Waals surface area contributed by atoms with E-state index in [4.69, 9.17) is 4.74 Å². The standard InChI is InChI=1S/C29H27N3O4S/c1-20-6-2-3-7-22(20)18-36-23-11-9-21(10-12-23)27(33)25-26(24-8-4-17-37-24)32(29(35)28(25)34)15-5-14-31-16-13-30-19-31/h2-4,6-13,16-17,19,26H,5,14-15,18H2,1H3,(H,33,34). The minimum atomic E-state index is -0.724. The number of benzene rings is 2. The molecule has 1 saturated heterocycles. The van der Waals surface area contributed by atoms with Crippen LogP contribution in [0.3, 0.4) is 0 Å². The molecule has 5 rings (SSSR count). The number of aryl methyl sites for hydroxylation is 2. The van der Waals surface area contributed by atoms with Crippen LogP contribution >= 0.6 is 11.3 Å². The Balaban J connectivity index is 1.37. The van der Waals surface area contributed by atoms with Gasteiger partial charge in [-0.25, -0.2) is 4.57 Å². The van der Waals surface area contributed by atoms with Gasteiger partial charge in [-0.3, -0.25) is 14.6 Å². The van der Waals surface area contributed by atoms with Crippen LogP contribution in [0.2, 0.25) is 0 Å². The van der Waals surface area contributed by atoms with Crippen molar-refractivity contribution in [3.8, 4) is 5.75 Å². The second kappa shape index (κ2) is 10.8. The van der Waals surface area contributed by atoms with Crippen molar-refractivity contribution >= 4 is 28.8 Å². The molecule has 1 aliphatic heterocycles. The van der Waals surface area contributed by atoms with Crippen molar-refractivity contribution in [2.45, 2.75) is 32.5 Å². The molecule has 4 aromatic rings. The van der Waals surface area contributed by atoms with Gasteiger partial charge in [0, 0.05) is 23.4 Å². The van der Waals surface area contributed by atoms with E-state index in [-0.39, 0.29) is 5.57 Å². The summed E-state index contributed by atoms with van der Waals surface area (Å²) in [5.74, 6) is -1.15. The average Bonchev–Trinajstić information content (AvgIpc) is 3.67. The molecule has 0 bridgehead atoms. The van der Waals surface area contributed by atoms with Crippen molar-refractivity contribution in [3.05, 3.63) is 112 Å². The molecule has 0 spiro atoms. The number of aromatic amines is 1. The number of H-pyrrole nitrogens is 1. The highest BCUT2D eigenvalue weighted by Gasteiger charge is 2.44. The molecule has 2 aromatic carbocycles. The molecule has 8 heteroatoms. The first-order valence-electron chi connectivity index (χ1n) is 12.1. The normalized spacial score (nSPS) is 16.9. The number of carbonyl (C=O) groups excluding carboxylic acids is 2. The second-order valence-corrected chi connectivity index (χ2v) is 9.91. The van der Waals surface area contributed by atoms with Crippen molar-refractivity contribution in [1.82, 2.24) is 9.88 Å². The minimum absolute atomic E-state index is 0.00956. The molecule has 1 aliphatic rings. The van der Waals surface area contributed by atoms with Crippen LogP contribution in [0.4, 0.5) is 0 Å². The van der Waals surface area contributed by atoms with E-state index >= 15 is 0 Å². The highest BCUT2D eigenvalue weighted by Crippen LogP contribution is 2.40. The smallest absolute Gasteiger partial charge is 0.295 e. The van der Waals surface area contributed by atoms with E-state index in [9.17, 15) is 14.7 Å². The van der Waals surface area contributed by atoms with E-state index < -0.39 is 23.5 Å². The number of nitrogens with one attached hydrogen (secondary N) is 1. The molecular formula is C29H27N3O4S. The van der Waals surface area contributed by atoms with Gasteiger partial charge < -0.3 is 14.7 Å². The number of hydrogen-bond acceptors (Lipinski definition) is 5. The quantitative estimate of drug-likeness (QED) is 0.160. The van der Waals surface area contributed by atoms with Gasteiger partial charge >= 0.3 is 0 Å². The molecule has 0 aliphatic carbocycles. The number of rotatable bonds is 9. The number of nitrogens with zero attached hydrogens (tertiary/aromatic N) is 2. The number of ketones is 1. The summed E-state index contributed by atoms with van der Waals surface area (Å²) in [6.07, 6.45) is 6.22. The molecule has 37 heavy (non-hydrogen) atoms. The van der Waals surface area contributed by atoms with Gasteiger partial charge in [-0.2, -0.15) is 0 Å². The number of hydrogen-bond donors (Lipinski definition) is 1. The van der Waals surface area contributed by atoms with E-state index in [0.717, 1.165) is 16.0 Å². The maximum absolute atomic E-state index is 13.6. The van der Waals surface area contributed by atoms with Gasteiger partial charge in [-0.1, -0.05) is 48.2 Å². The summed E-state index contributed by atoms with van der Waals surface area (Å²) < 4.78 is 7.87. The number of Topliss-reactive ketones (excluding diaryl/α,β-unsaturated/α-hetero) is 1. The van der Waals surface area contributed by atoms with Crippen LogP contribution in [0, 0.1) is 6.92 Å². The Hall–Kier alpha value is -4.17. The maximum Gasteiger partial charge on any atom is 0.295 e. The molecule has 188 valence electrons. The third-order valence-corrected chi connectivity index (χ3v) is 7.46. The molecule has 7 nitrogen and oxygen atoms in total. The number of thiophene rings is 1. The Morgan fingerprint density at radius 1 is 1.11 bits per heavy atom. The van der Waals surface area contributed by atoms with Gasteiger partial charge in [0.05, 0.1) is 12.6 Å². The van der Waals surface area contributed by atoms with Gasteiger partial charge in [0.15, 0.2) is 0 Å². The first-order chi connectivity index (χ1) is 18.0. The van der Waals surface area contributed by atoms with Crippen LogP contribution in [0.5, 0.6) is 5.75 Å². The summed E-state index contributed by atoms with van der Waals surface area (Å²) in [6, 6.07) is 17.8. The third kappa shape index (κ3) is 5.20. The summed E-state index contributed by atoms with van der Waals surface area (Å²) in [5, 5.41) is 15.5. The largest absolute Gasteiger partial charge is 0.872 e. The van der Waals surface area contributed by atoms with Gasteiger partial charge in [-0.05, 0) is 47.2 Å². The van der Waals surface area contributed by atoms with Gasteiger partial charge in [0.1, 0.15) is 24.8 Å². The van der Waals surface area contributed by atoms with Gasteiger partial charge in [-0.15, -0.1) is 11.3 Å².